The minimum Gasteiger partial charge on any atom is -0.411 e. The summed E-state index contributed by atoms with van der Waals surface area (Å²) in [5.41, 5.74) is 3.53. The van der Waals surface area contributed by atoms with Crippen molar-refractivity contribution in [1.29, 1.82) is 0 Å². The van der Waals surface area contributed by atoms with E-state index in [2.05, 4.69) is 76.0 Å². The second-order valence-electron chi connectivity index (χ2n) is 9.78. The third kappa shape index (κ3) is 8.73. The van der Waals surface area contributed by atoms with Gasteiger partial charge in [0.05, 0.1) is 32.1 Å². The molecule has 0 aliphatic carbocycles. The number of ether oxygens (including phenoxy) is 2. The van der Waals surface area contributed by atoms with Gasteiger partial charge >= 0.3 is 0 Å². The maximum absolute atomic E-state index is 10.2. The van der Waals surface area contributed by atoms with Gasteiger partial charge in [0.25, 0.3) is 0 Å². The monoisotopic (exact) mass is 543 g/mol. The summed E-state index contributed by atoms with van der Waals surface area (Å²) in [6.07, 6.45) is 7.60. The fourth-order valence-electron chi connectivity index (χ4n) is 5.32. The van der Waals surface area contributed by atoms with Gasteiger partial charge in [-0.1, -0.05) is 29.4 Å². The highest BCUT2D eigenvalue weighted by atomic mass is 32.2. The number of hydrogen-bond donors (Lipinski definition) is 1. The van der Waals surface area contributed by atoms with Gasteiger partial charge in [0, 0.05) is 60.9 Å². The van der Waals surface area contributed by atoms with Crippen LogP contribution in [0.2, 0.25) is 0 Å². The third-order valence-corrected chi connectivity index (χ3v) is 8.96. The van der Waals surface area contributed by atoms with Crippen molar-refractivity contribution in [3.63, 3.8) is 0 Å². The van der Waals surface area contributed by atoms with Crippen LogP contribution in [-0.4, -0.2) is 97.9 Å². The van der Waals surface area contributed by atoms with E-state index in [-0.39, 0.29) is 12.1 Å². The molecule has 2 aliphatic rings. The van der Waals surface area contributed by atoms with E-state index >= 15 is 0 Å². The first kappa shape index (κ1) is 28.5. The summed E-state index contributed by atoms with van der Waals surface area (Å²) in [5, 5.41) is 14.1. The SMILES string of the molecule is CSc1ccc(CC(CC(CC(Cc2ccc(SC)cc2)N2CCOCC2)=NO)N2CCOCC2)cc1. The van der Waals surface area contributed by atoms with Crippen molar-refractivity contribution in [2.75, 3.05) is 65.1 Å². The van der Waals surface area contributed by atoms with Gasteiger partial charge in [-0.2, -0.15) is 0 Å². The summed E-state index contributed by atoms with van der Waals surface area (Å²) in [7, 11) is 0. The van der Waals surface area contributed by atoms with Crippen LogP contribution in [0.1, 0.15) is 24.0 Å². The van der Waals surface area contributed by atoms with Crippen LogP contribution in [0.5, 0.6) is 0 Å². The molecule has 0 bridgehead atoms. The summed E-state index contributed by atoms with van der Waals surface area (Å²) in [6, 6.07) is 18.3. The predicted octanol–water partition coefficient (Wildman–Crippen LogP) is 4.93. The Morgan fingerprint density at radius 1 is 0.730 bits per heavy atom. The van der Waals surface area contributed by atoms with E-state index in [1.807, 2.05) is 0 Å². The average molecular weight is 544 g/mol. The van der Waals surface area contributed by atoms with Gasteiger partial charge in [-0.25, -0.2) is 0 Å². The summed E-state index contributed by atoms with van der Waals surface area (Å²) in [5.74, 6) is 0. The maximum Gasteiger partial charge on any atom is 0.0602 e. The first-order valence-corrected chi connectivity index (χ1v) is 15.7. The van der Waals surface area contributed by atoms with Crippen molar-refractivity contribution >= 4 is 29.2 Å². The molecule has 2 saturated heterocycles. The normalized spacial score (nSPS) is 18.9. The zero-order valence-electron chi connectivity index (χ0n) is 22.2. The molecule has 2 atom stereocenters. The summed E-state index contributed by atoms with van der Waals surface area (Å²) < 4.78 is 11.3. The first-order chi connectivity index (χ1) is 18.2. The molecule has 6 nitrogen and oxygen atoms in total. The molecule has 2 aromatic rings. The van der Waals surface area contributed by atoms with E-state index in [1.165, 1.54) is 20.9 Å². The van der Waals surface area contributed by atoms with Crippen LogP contribution in [-0.2, 0) is 22.3 Å². The Labute approximate surface area is 230 Å². The quantitative estimate of drug-likeness (QED) is 0.176. The van der Waals surface area contributed by atoms with Gasteiger partial charge in [0.2, 0.25) is 0 Å². The molecule has 0 radical (unpaired) electrons. The number of nitrogens with zero attached hydrogens (tertiary/aromatic N) is 3. The van der Waals surface area contributed by atoms with Crippen LogP contribution < -0.4 is 0 Å². The maximum atomic E-state index is 10.2. The van der Waals surface area contributed by atoms with Crippen LogP contribution in [0.15, 0.2) is 63.5 Å². The van der Waals surface area contributed by atoms with Crippen LogP contribution in [0, 0.1) is 0 Å². The summed E-state index contributed by atoms with van der Waals surface area (Å²) in [6.45, 7) is 6.71. The summed E-state index contributed by atoms with van der Waals surface area (Å²) >= 11 is 3.54. The molecule has 0 amide bonds. The van der Waals surface area contributed by atoms with Crippen molar-refractivity contribution in [1.82, 2.24) is 9.80 Å². The Morgan fingerprint density at radius 3 is 1.43 bits per heavy atom. The van der Waals surface area contributed by atoms with Gasteiger partial charge in [0.1, 0.15) is 0 Å². The zero-order valence-corrected chi connectivity index (χ0v) is 23.8. The van der Waals surface area contributed by atoms with Crippen molar-refractivity contribution < 1.29 is 14.7 Å². The molecule has 2 fully saturated rings. The average Bonchev–Trinajstić information content (AvgIpc) is 2.97. The van der Waals surface area contributed by atoms with Crippen LogP contribution in [0.3, 0.4) is 0 Å². The second-order valence-corrected chi connectivity index (χ2v) is 11.5. The van der Waals surface area contributed by atoms with E-state index in [0.29, 0.717) is 0 Å². The predicted molar refractivity (Wildman–Crippen MR) is 155 cm³/mol. The zero-order chi connectivity index (χ0) is 25.9. The Kier molecular flexibility index (Phi) is 11.6. The Balaban J connectivity index is 1.48. The highest BCUT2D eigenvalue weighted by Crippen LogP contribution is 2.23. The molecule has 37 heavy (non-hydrogen) atoms. The number of morpholine rings is 2. The molecule has 0 aromatic heterocycles. The van der Waals surface area contributed by atoms with Crippen molar-refractivity contribution in [3.05, 3.63) is 59.7 Å². The van der Waals surface area contributed by atoms with E-state index < -0.39 is 0 Å². The lowest BCUT2D eigenvalue weighted by molar-refractivity contribution is 0.0153. The van der Waals surface area contributed by atoms with Gasteiger partial charge in [-0.15, -0.1) is 23.5 Å². The standard InChI is InChI=1S/C29H41N3O3S2/c1-36-28-7-3-23(4-8-28)19-26(31-11-15-34-16-12-31)21-25(30-33)22-27(32-13-17-35-18-14-32)20-24-5-9-29(37-2)10-6-24/h3-10,26-27,33H,11-22H2,1-2H3. The van der Waals surface area contributed by atoms with E-state index in [0.717, 1.165) is 84.0 Å². The van der Waals surface area contributed by atoms with E-state index in [4.69, 9.17) is 9.47 Å². The van der Waals surface area contributed by atoms with Gasteiger partial charge in [0.15, 0.2) is 0 Å². The lowest BCUT2D eigenvalue weighted by Gasteiger charge is -2.37. The minimum atomic E-state index is 0.279. The molecule has 4 rings (SSSR count). The molecule has 8 heteroatoms. The van der Waals surface area contributed by atoms with Crippen molar-refractivity contribution in [3.8, 4) is 0 Å². The fraction of sp³-hybridized carbons (Fsp3) is 0.552. The number of rotatable bonds is 12. The third-order valence-electron chi connectivity index (χ3n) is 7.47. The molecule has 2 aliphatic heterocycles. The van der Waals surface area contributed by atoms with Gasteiger partial charge < -0.3 is 14.7 Å². The molecule has 0 spiro atoms. The Bertz CT molecular complexity index is 884. The number of benzene rings is 2. The van der Waals surface area contributed by atoms with Gasteiger partial charge in [-0.05, 0) is 60.7 Å². The molecule has 2 heterocycles. The van der Waals surface area contributed by atoms with Crippen LogP contribution >= 0.6 is 23.5 Å². The number of hydrogen-bond acceptors (Lipinski definition) is 8. The van der Waals surface area contributed by atoms with Crippen LogP contribution in [0.4, 0.5) is 0 Å². The van der Waals surface area contributed by atoms with Gasteiger partial charge in [-0.3, -0.25) is 9.80 Å². The molecule has 2 unspecified atom stereocenters. The van der Waals surface area contributed by atoms with E-state index in [1.54, 1.807) is 23.5 Å². The number of thioether (sulfide) groups is 2. The van der Waals surface area contributed by atoms with Crippen molar-refractivity contribution in [2.45, 2.75) is 47.6 Å². The first-order valence-electron chi connectivity index (χ1n) is 13.3. The minimum absolute atomic E-state index is 0.279. The lowest BCUT2D eigenvalue weighted by atomic mass is 9.93. The van der Waals surface area contributed by atoms with Crippen molar-refractivity contribution in [2.24, 2.45) is 5.16 Å². The highest BCUT2D eigenvalue weighted by molar-refractivity contribution is 7.98. The Morgan fingerprint density at radius 2 is 1.11 bits per heavy atom. The van der Waals surface area contributed by atoms with Crippen LogP contribution in [0.25, 0.3) is 0 Å². The second kappa shape index (κ2) is 15.1. The number of oxime groups is 1. The molecule has 1 N–H and O–H groups in total. The van der Waals surface area contributed by atoms with E-state index in [9.17, 15) is 5.21 Å². The largest absolute Gasteiger partial charge is 0.411 e. The molecular formula is C29H41N3O3S2. The molecular weight excluding hydrogens is 502 g/mol. The highest BCUT2D eigenvalue weighted by Gasteiger charge is 2.27. The molecule has 202 valence electrons. The molecule has 2 aromatic carbocycles. The summed E-state index contributed by atoms with van der Waals surface area (Å²) in [4.78, 5) is 7.59. The Hall–Kier alpha value is -1.55. The molecule has 0 saturated carbocycles. The topological polar surface area (TPSA) is 57.5 Å². The lowest BCUT2D eigenvalue weighted by Crippen LogP contribution is -2.47. The smallest absolute Gasteiger partial charge is 0.0602 e. The fourth-order valence-corrected chi connectivity index (χ4v) is 6.14.